The normalized spacial score (nSPS) is 12.0. The van der Waals surface area contributed by atoms with E-state index in [4.69, 9.17) is 4.74 Å². The number of hydrogen-bond acceptors (Lipinski definition) is 3. The van der Waals surface area contributed by atoms with Crippen molar-refractivity contribution in [1.29, 1.82) is 0 Å². The summed E-state index contributed by atoms with van der Waals surface area (Å²) in [6, 6.07) is 22.6. The smallest absolute Gasteiger partial charge is 0.261 e. The number of halogens is 1. The van der Waals surface area contributed by atoms with Gasteiger partial charge in [0.05, 0.1) is 0 Å². The lowest BCUT2D eigenvalue weighted by Crippen LogP contribution is -2.51. The van der Waals surface area contributed by atoms with E-state index in [1.165, 1.54) is 12.1 Å². The number of amides is 2. The molecule has 0 aliphatic carbocycles. The first-order chi connectivity index (χ1) is 18.2. The van der Waals surface area contributed by atoms with Gasteiger partial charge in [-0.1, -0.05) is 94.8 Å². The molecule has 0 fully saturated rings. The van der Waals surface area contributed by atoms with E-state index in [1.807, 2.05) is 54.6 Å². The van der Waals surface area contributed by atoms with Gasteiger partial charge in [-0.25, -0.2) is 4.39 Å². The average molecular weight is 519 g/mol. The number of carbonyl (C=O) groups excluding carboxylic acids is 2. The highest BCUT2D eigenvalue weighted by atomic mass is 19.1. The molecular weight excluding hydrogens is 479 g/mol. The standard InChI is InChI=1S/C32H39FN2O3/c1-5-6-20-34-31(37)28(21-24-12-8-7-9-13-24)35(22-25-16-18-26(33)19-17-25)30(36)23-38-29-15-11-10-14-27(29)32(2,3)4/h7-19,28H,5-6,20-23H2,1-4H3,(H,34,37). The average Bonchev–Trinajstić information content (AvgIpc) is 2.90. The summed E-state index contributed by atoms with van der Waals surface area (Å²) in [6.45, 7) is 8.81. The number of nitrogens with one attached hydrogen (secondary N) is 1. The Kier molecular flexibility index (Phi) is 10.5. The second-order valence-corrected chi connectivity index (χ2v) is 10.5. The van der Waals surface area contributed by atoms with Gasteiger partial charge in [-0.3, -0.25) is 9.59 Å². The van der Waals surface area contributed by atoms with E-state index in [0.29, 0.717) is 18.7 Å². The number of carbonyl (C=O) groups is 2. The van der Waals surface area contributed by atoms with Gasteiger partial charge in [0.25, 0.3) is 5.91 Å². The second kappa shape index (κ2) is 13.8. The molecule has 6 heteroatoms. The third-order valence-corrected chi connectivity index (χ3v) is 6.41. The van der Waals surface area contributed by atoms with Crippen LogP contribution < -0.4 is 10.1 Å². The number of para-hydroxylation sites is 1. The number of benzene rings is 3. The van der Waals surface area contributed by atoms with Gasteiger partial charge in [-0.05, 0) is 46.7 Å². The van der Waals surface area contributed by atoms with Crippen LogP contribution in [0, 0.1) is 5.82 Å². The molecule has 38 heavy (non-hydrogen) atoms. The van der Waals surface area contributed by atoms with Gasteiger partial charge in [-0.15, -0.1) is 0 Å². The molecule has 1 atom stereocenters. The molecule has 0 saturated carbocycles. The molecule has 0 spiro atoms. The van der Waals surface area contributed by atoms with Crippen LogP contribution in [0.1, 0.15) is 57.2 Å². The fraction of sp³-hybridized carbons (Fsp3) is 0.375. The summed E-state index contributed by atoms with van der Waals surface area (Å²) in [4.78, 5) is 28.8. The zero-order valence-electron chi connectivity index (χ0n) is 22.9. The van der Waals surface area contributed by atoms with Gasteiger partial charge in [0.1, 0.15) is 17.6 Å². The highest BCUT2D eigenvalue weighted by Gasteiger charge is 2.31. The van der Waals surface area contributed by atoms with E-state index >= 15 is 0 Å². The number of ether oxygens (including phenoxy) is 1. The van der Waals surface area contributed by atoms with Crippen molar-refractivity contribution in [2.24, 2.45) is 0 Å². The van der Waals surface area contributed by atoms with Crippen molar-refractivity contribution in [1.82, 2.24) is 10.2 Å². The summed E-state index contributed by atoms with van der Waals surface area (Å²) < 4.78 is 19.7. The van der Waals surface area contributed by atoms with Crippen LogP contribution in [-0.2, 0) is 28.0 Å². The van der Waals surface area contributed by atoms with Crippen molar-refractivity contribution in [3.8, 4) is 5.75 Å². The predicted molar refractivity (Wildman–Crippen MR) is 149 cm³/mol. The summed E-state index contributed by atoms with van der Waals surface area (Å²) in [5.74, 6) is -0.244. The Morgan fingerprint density at radius 2 is 1.58 bits per heavy atom. The summed E-state index contributed by atoms with van der Waals surface area (Å²) in [6.07, 6.45) is 2.15. The fourth-order valence-electron chi connectivity index (χ4n) is 4.28. The molecule has 3 rings (SSSR count). The maximum atomic E-state index is 13.8. The molecule has 0 radical (unpaired) electrons. The SMILES string of the molecule is CCCCNC(=O)C(Cc1ccccc1)N(Cc1ccc(F)cc1)C(=O)COc1ccccc1C(C)(C)C. The molecule has 0 heterocycles. The maximum Gasteiger partial charge on any atom is 0.261 e. The minimum absolute atomic E-state index is 0.155. The van der Waals surface area contributed by atoms with Crippen molar-refractivity contribution >= 4 is 11.8 Å². The number of unbranched alkanes of at least 4 members (excludes halogenated alkanes) is 1. The van der Waals surface area contributed by atoms with E-state index in [-0.39, 0.29) is 36.2 Å². The number of nitrogens with zero attached hydrogens (tertiary/aromatic N) is 1. The molecule has 0 aliphatic rings. The minimum Gasteiger partial charge on any atom is -0.483 e. The molecule has 3 aromatic carbocycles. The maximum absolute atomic E-state index is 13.8. The zero-order chi connectivity index (χ0) is 27.5. The molecule has 2 amide bonds. The van der Waals surface area contributed by atoms with Crippen LogP contribution in [0.2, 0.25) is 0 Å². The van der Waals surface area contributed by atoms with Gasteiger partial charge >= 0.3 is 0 Å². The first-order valence-corrected chi connectivity index (χ1v) is 13.3. The van der Waals surface area contributed by atoms with Gasteiger partial charge in [0.15, 0.2) is 6.61 Å². The molecule has 0 aliphatic heterocycles. The van der Waals surface area contributed by atoms with Gasteiger partial charge in [0.2, 0.25) is 5.91 Å². The molecule has 0 saturated heterocycles. The molecule has 5 nitrogen and oxygen atoms in total. The summed E-state index contributed by atoms with van der Waals surface area (Å²) in [7, 11) is 0. The molecule has 0 bridgehead atoms. The predicted octanol–water partition coefficient (Wildman–Crippen LogP) is 6.06. The first-order valence-electron chi connectivity index (χ1n) is 13.3. The van der Waals surface area contributed by atoms with Crippen LogP contribution in [-0.4, -0.2) is 35.9 Å². The zero-order valence-corrected chi connectivity index (χ0v) is 22.9. The second-order valence-electron chi connectivity index (χ2n) is 10.5. The monoisotopic (exact) mass is 518 g/mol. The molecule has 1 unspecified atom stereocenters. The Labute approximate surface area is 226 Å². The largest absolute Gasteiger partial charge is 0.483 e. The van der Waals surface area contributed by atoms with E-state index in [0.717, 1.165) is 29.5 Å². The topological polar surface area (TPSA) is 58.6 Å². The van der Waals surface area contributed by atoms with Crippen molar-refractivity contribution in [2.45, 2.75) is 65.0 Å². The molecule has 0 aromatic heterocycles. The van der Waals surface area contributed by atoms with E-state index in [1.54, 1.807) is 17.0 Å². The lowest BCUT2D eigenvalue weighted by atomic mass is 9.86. The van der Waals surface area contributed by atoms with E-state index in [9.17, 15) is 14.0 Å². The first kappa shape index (κ1) is 28.9. The lowest BCUT2D eigenvalue weighted by Gasteiger charge is -2.32. The molecule has 3 aromatic rings. The number of hydrogen-bond donors (Lipinski definition) is 1. The van der Waals surface area contributed by atoms with Crippen molar-refractivity contribution in [2.75, 3.05) is 13.2 Å². The lowest BCUT2D eigenvalue weighted by molar-refractivity contribution is -0.142. The summed E-state index contributed by atoms with van der Waals surface area (Å²) >= 11 is 0. The van der Waals surface area contributed by atoms with Crippen molar-refractivity contribution < 1.29 is 18.7 Å². The van der Waals surface area contributed by atoms with E-state index in [2.05, 4.69) is 33.0 Å². The third kappa shape index (κ3) is 8.44. The molecule has 202 valence electrons. The Morgan fingerprint density at radius 3 is 2.24 bits per heavy atom. The van der Waals surface area contributed by atoms with Gasteiger partial charge in [-0.2, -0.15) is 0 Å². The van der Waals surface area contributed by atoms with Gasteiger partial charge < -0.3 is 15.0 Å². The Balaban J connectivity index is 1.91. The van der Waals surface area contributed by atoms with Gasteiger partial charge in [0, 0.05) is 19.5 Å². The Hall–Kier alpha value is -3.67. The highest BCUT2D eigenvalue weighted by Crippen LogP contribution is 2.31. The summed E-state index contributed by atoms with van der Waals surface area (Å²) in [5.41, 5.74) is 2.51. The minimum atomic E-state index is -0.756. The highest BCUT2D eigenvalue weighted by molar-refractivity contribution is 5.88. The molecule has 1 N–H and O–H groups in total. The van der Waals surface area contributed by atoms with Crippen molar-refractivity contribution in [3.63, 3.8) is 0 Å². The Bertz CT molecular complexity index is 1170. The van der Waals surface area contributed by atoms with E-state index < -0.39 is 6.04 Å². The number of rotatable bonds is 12. The molecular formula is C32H39FN2O3. The summed E-state index contributed by atoms with van der Waals surface area (Å²) in [5, 5.41) is 3.00. The van der Waals surface area contributed by atoms with Crippen LogP contribution in [0.25, 0.3) is 0 Å². The fourth-order valence-corrected chi connectivity index (χ4v) is 4.28. The van der Waals surface area contributed by atoms with Crippen LogP contribution in [0.5, 0.6) is 5.75 Å². The van der Waals surface area contributed by atoms with Crippen LogP contribution in [0.4, 0.5) is 4.39 Å². The van der Waals surface area contributed by atoms with Crippen LogP contribution >= 0.6 is 0 Å². The third-order valence-electron chi connectivity index (χ3n) is 6.41. The van der Waals surface area contributed by atoms with Crippen LogP contribution in [0.3, 0.4) is 0 Å². The van der Waals surface area contributed by atoms with Crippen molar-refractivity contribution in [3.05, 3.63) is 101 Å². The van der Waals surface area contributed by atoms with Crippen LogP contribution in [0.15, 0.2) is 78.9 Å². The Morgan fingerprint density at radius 1 is 0.921 bits per heavy atom. The quantitative estimate of drug-likeness (QED) is 0.297.